The van der Waals surface area contributed by atoms with E-state index in [1.54, 1.807) is 0 Å². The highest BCUT2D eigenvalue weighted by atomic mass is 35.5. The molecule has 1 aliphatic carbocycles. The van der Waals surface area contributed by atoms with E-state index < -0.39 is 5.60 Å². The molecule has 0 heterocycles. The normalized spacial score (nSPS) is 20.4. The molecule has 3 rings (SSSR count). The summed E-state index contributed by atoms with van der Waals surface area (Å²) in [6, 6.07) is 18.7. The first-order valence-corrected chi connectivity index (χ1v) is 11.2. The van der Waals surface area contributed by atoms with E-state index in [-0.39, 0.29) is 12.1 Å². The molecule has 1 atom stereocenters. The van der Waals surface area contributed by atoms with Gasteiger partial charge in [0.25, 0.3) is 0 Å². The fourth-order valence-corrected chi connectivity index (χ4v) is 4.32. The van der Waals surface area contributed by atoms with Gasteiger partial charge in [0.2, 0.25) is 0 Å². The molecule has 0 bridgehead atoms. The first-order valence-electron chi connectivity index (χ1n) is 10.8. The van der Waals surface area contributed by atoms with E-state index in [0.717, 1.165) is 37.8 Å². The monoisotopic (exact) mass is 428 g/mol. The molecule has 0 aliphatic heterocycles. The van der Waals surface area contributed by atoms with E-state index in [1.165, 1.54) is 5.56 Å². The molecule has 1 amide bonds. The number of halogens is 1. The summed E-state index contributed by atoms with van der Waals surface area (Å²) >= 11 is 6.24. The van der Waals surface area contributed by atoms with Crippen LogP contribution in [0, 0.1) is 5.92 Å². The van der Waals surface area contributed by atoms with Crippen LogP contribution in [0.2, 0.25) is 5.02 Å². The molecule has 1 aliphatic rings. The highest BCUT2D eigenvalue weighted by molar-refractivity contribution is 6.30. The summed E-state index contributed by atoms with van der Waals surface area (Å²) in [5, 5.41) is 7.49. The first-order chi connectivity index (χ1) is 14.3. The van der Waals surface area contributed by atoms with Gasteiger partial charge in [-0.3, -0.25) is 0 Å². The van der Waals surface area contributed by atoms with E-state index in [0.29, 0.717) is 17.0 Å². The van der Waals surface area contributed by atoms with Crippen molar-refractivity contribution in [3.05, 3.63) is 70.7 Å². The van der Waals surface area contributed by atoms with Crippen LogP contribution >= 0.6 is 11.6 Å². The highest BCUT2D eigenvalue weighted by Crippen LogP contribution is 2.35. The quantitative estimate of drug-likeness (QED) is 0.571. The lowest BCUT2D eigenvalue weighted by Gasteiger charge is -2.35. The van der Waals surface area contributed by atoms with Gasteiger partial charge in [0.15, 0.2) is 0 Å². The molecule has 5 heteroatoms. The maximum Gasteiger partial charge on any atom is 0.408 e. The van der Waals surface area contributed by atoms with E-state index in [4.69, 9.17) is 16.3 Å². The van der Waals surface area contributed by atoms with Crippen LogP contribution < -0.4 is 10.6 Å². The van der Waals surface area contributed by atoms with Crippen molar-refractivity contribution in [2.45, 2.75) is 70.7 Å². The zero-order chi connectivity index (χ0) is 21.6. The number of hydrogen-bond donors (Lipinski definition) is 2. The zero-order valence-corrected chi connectivity index (χ0v) is 18.9. The molecule has 2 aromatic carbocycles. The van der Waals surface area contributed by atoms with E-state index in [1.807, 2.05) is 51.1 Å². The number of carbonyl (C=O) groups excluding carboxylic acids is 1. The van der Waals surface area contributed by atoms with Gasteiger partial charge in [-0.1, -0.05) is 54.1 Å². The van der Waals surface area contributed by atoms with Gasteiger partial charge < -0.3 is 15.4 Å². The Morgan fingerprint density at radius 1 is 1.07 bits per heavy atom. The Hall–Kier alpha value is -2.04. The van der Waals surface area contributed by atoms with Crippen molar-refractivity contribution in [2.24, 2.45) is 5.92 Å². The molecular formula is C25H33ClN2O2. The van der Waals surface area contributed by atoms with Crippen LogP contribution in [0.5, 0.6) is 0 Å². The first kappa shape index (κ1) is 22.6. The molecule has 1 unspecified atom stereocenters. The average molecular weight is 429 g/mol. The summed E-state index contributed by atoms with van der Waals surface area (Å²) in [6.45, 7) is 6.53. The molecule has 0 saturated heterocycles. The molecule has 0 aromatic heterocycles. The summed E-state index contributed by atoms with van der Waals surface area (Å²) in [7, 11) is 0. The lowest BCUT2D eigenvalue weighted by Crippen LogP contribution is -2.40. The summed E-state index contributed by atoms with van der Waals surface area (Å²) < 4.78 is 5.52. The van der Waals surface area contributed by atoms with Crippen LogP contribution in [0.1, 0.15) is 63.6 Å². The zero-order valence-electron chi connectivity index (χ0n) is 18.2. The van der Waals surface area contributed by atoms with Crippen LogP contribution in [0.25, 0.3) is 0 Å². The number of nitrogens with one attached hydrogen (secondary N) is 2. The number of alkyl carbamates (subject to hydrolysis) is 1. The number of ether oxygens (including phenoxy) is 1. The van der Waals surface area contributed by atoms with Gasteiger partial charge in [0, 0.05) is 17.6 Å². The average Bonchev–Trinajstić information content (AvgIpc) is 2.70. The largest absolute Gasteiger partial charge is 0.444 e. The standard InChI is InChI=1S/C25H33ClN2O2/c1-25(2,3)30-24(29)28-23(20-10-7-11-21(26)16-20)19-12-14-22(15-13-19)27-17-18-8-5-4-6-9-18/h4-11,16,19,22-23,27H,12-15,17H2,1-3H3,(H,28,29). The van der Waals surface area contributed by atoms with Gasteiger partial charge in [0.05, 0.1) is 6.04 Å². The second-order valence-corrected chi connectivity index (χ2v) is 9.59. The summed E-state index contributed by atoms with van der Waals surface area (Å²) in [5.74, 6) is 0.353. The molecule has 2 N–H and O–H groups in total. The SMILES string of the molecule is CC(C)(C)OC(=O)NC(c1cccc(Cl)c1)C1CCC(NCc2ccccc2)CC1. The maximum absolute atomic E-state index is 12.5. The molecule has 162 valence electrons. The predicted molar refractivity (Wildman–Crippen MR) is 123 cm³/mol. The van der Waals surface area contributed by atoms with Gasteiger partial charge in [-0.2, -0.15) is 0 Å². The number of carbonyl (C=O) groups is 1. The number of hydrogen-bond acceptors (Lipinski definition) is 3. The minimum absolute atomic E-state index is 0.103. The van der Waals surface area contributed by atoms with Gasteiger partial charge in [-0.15, -0.1) is 0 Å². The summed E-state index contributed by atoms with van der Waals surface area (Å²) in [5.41, 5.74) is 1.82. The third kappa shape index (κ3) is 7.03. The van der Waals surface area contributed by atoms with Crippen molar-refractivity contribution in [3.63, 3.8) is 0 Å². The Morgan fingerprint density at radius 3 is 2.40 bits per heavy atom. The topological polar surface area (TPSA) is 50.4 Å². The molecule has 4 nitrogen and oxygen atoms in total. The van der Waals surface area contributed by atoms with Crippen LogP contribution in [-0.2, 0) is 11.3 Å². The van der Waals surface area contributed by atoms with Gasteiger partial charge in [0.1, 0.15) is 5.60 Å². The Bertz CT molecular complexity index is 811. The Kier molecular flexibility index (Phi) is 7.79. The van der Waals surface area contributed by atoms with Gasteiger partial charge in [-0.05, 0) is 75.6 Å². The Balaban J connectivity index is 1.62. The Labute approximate surface area is 185 Å². The molecule has 30 heavy (non-hydrogen) atoms. The molecular weight excluding hydrogens is 396 g/mol. The van der Waals surface area contributed by atoms with Gasteiger partial charge in [-0.25, -0.2) is 4.79 Å². The summed E-state index contributed by atoms with van der Waals surface area (Å²) in [6.07, 6.45) is 3.88. The second kappa shape index (κ2) is 10.3. The maximum atomic E-state index is 12.5. The van der Waals surface area contributed by atoms with E-state index in [9.17, 15) is 4.79 Å². The van der Waals surface area contributed by atoms with E-state index >= 15 is 0 Å². The Morgan fingerprint density at radius 2 is 1.77 bits per heavy atom. The smallest absolute Gasteiger partial charge is 0.408 e. The molecule has 0 spiro atoms. The number of rotatable bonds is 6. The second-order valence-electron chi connectivity index (χ2n) is 9.16. The predicted octanol–water partition coefficient (Wildman–Crippen LogP) is 6.25. The third-order valence-corrected chi connectivity index (χ3v) is 5.80. The summed E-state index contributed by atoms with van der Waals surface area (Å²) in [4.78, 5) is 12.5. The van der Waals surface area contributed by atoms with Crippen molar-refractivity contribution in [2.75, 3.05) is 0 Å². The van der Waals surface area contributed by atoms with Crippen molar-refractivity contribution in [3.8, 4) is 0 Å². The molecule has 2 aromatic rings. The number of amides is 1. The van der Waals surface area contributed by atoms with Crippen molar-refractivity contribution >= 4 is 17.7 Å². The molecule has 1 saturated carbocycles. The van der Waals surface area contributed by atoms with Crippen LogP contribution in [0.4, 0.5) is 4.79 Å². The third-order valence-electron chi connectivity index (χ3n) is 5.56. The van der Waals surface area contributed by atoms with Crippen molar-refractivity contribution in [1.82, 2.24) is 10.6 Å². The highest BCUT2D eigenvalue weighted by Gasteiger charge is 2.31. The van der Waals surface area contributed by atoms with Crippen molar-refractivity contribution in [1.29, 1.82) is 0 Å². The molecule has 0 radical (unpaired) electrons. The fourth-order valence-electron chi connectivity index (χ4n) is 4.12. The molecule has 1 fully saturated rings. The minimum atomic E-state index is -0.526. The lowest BCUT2D eigenvalue weighted by molar-refractivity contribution is 0.0473. The minimum Gasteiger partial charge on any atom is -0.444 e. The van der Waals surface area contributed by atoms with Crippen LogP contribution in [0.15, 0.2) is 54.6 Å². The van der Waals surface area contributed by atoms with Crippen LogP contribution in [-0.4, -0.2) is 17.7 Å². The number of benzene rings is 2. The van der Waals surface area contributed by atoms with E-state index in [2.05, 4.69) is 34.9 Å². The van der Waals surface area contributed by atoms with Crippen LogP contribution in [0.3, 0.4) is 0 Å². The van der Waals surface area contributed by atoms with Gasteiger partial charge >= 0.3 is 6.09 Å². The van der Waals surface area contributed by atoms with Crippen molar-refractivity contribution < 1.29 is 9.53 Å². The lowest BCUT2D eigenvalue weighted by atomic mass is 9.79. The fraction of sp³-hybridized carbons (Fsp3) is 0.480.